The summed E-state index contributed by atoms with van der Waals surface area (Å²) < 4.78 is 5.02. The van der Waals surface area contributed by atoms with Gasteiger partial charge in [0.25, 0.3) is 0 Å². The molecule has 0 aliphatic carbocycles. The zero-order valence-electron chi connectivity index (χ0n) is 9.96. The molecule has 0 amide bonds. The molecule has 0 saturated heterocycles. The number of hydrogen-bond acceptors (Lipinski definition) is 1. The van der Waals surface area contributed by atoms with Crippen LogP contribution >= 0.6 is 0 Å². The lowest BCUT2D eigenvalue weighted by Crippen LogP contribution is -1.90. The maximum atomic E-state index is 5.02. The molecule has 0 heterocycles. The number of ether oxygens (including phenoxy) is 1. The number of unbranched alkanes of at least 4 members (excludes halogenated alkanes) is 3. The van der Waals surface area contributed by atoms with E-state index in [4.69, 9.17) is 4.74 Å². The van der Waals surface area contributed by atoms with Gasteiger partial charge in [0.15, 0.2) is 0 Å². The highest BCUT2D eigenvalue weighted by Gasteiger charge is 1.94. The molecule has 1 aromatic rings. The lowest BCUT2D eigenvalue weighted by molar-refractivity contribution is 0.192. The van der Waals surface area contributed by atoms with Crippen molar-refractivity contribution in [2.24, 2.45) is 0 Å². The molecule has 1 rings (SSSR count). The van der Waals surface area contributed by atoms with E-state index in [2.05, 4.69) is 31.2 Å². The first-order valence-corrected chi connectivity index (χ1v) is 5.87. The van der Waals surface area contributed by atoms with Gasteiger partial charge in [-0.05, 0) is 31.7 Å². The van der Waals surface area contributed by atoms with Crippen LogP contribution in [0, 0.1) is 6.92 Å². The first-order chi connectivity index (χ1) is 7.33. The first kappa shape index (κ1) is 12.3. The zero-order chi connectivity index (χ0) is 10.9. The number of hydrogen-bond donors (Lipinski definition) is 0. The lowest BCUT2D eigenvalue weighted by atomic mass is 10.0. The van der Waals surface area contributed by atoms with Crippen LogP contribution in [-0.2, 0) is 11.2 Å². The van der Waals surface area contributed by atoms with Gasteiger partial charge in [0.2, 0.25) is 0 Å². The van der Waals surface area contributed by atoms with E-state index in [9.17, 15) is 0 Å². The molecule has 0 aromatic heterocycles. The third kappa shape index (κ3) is 5.58. The van der Waals surface area contributed by atoms with Crippen molar-refractivity contribution in [2.45, 2.75) is 39.0 Å². The molecule has 0 fully saturated rings. The third-order valence-corrected chi connectivity index (χ3v) is 2.65. The van der Waals surface area contributed by atoms with Gasteiger partial charge in [-0.1, -0.05) is 42.7 Å². The monoisotopic (exact) mass is 206 g/mol. The molecule has 0 aliphatic heterocycles. The molecule has 1 aromatic carbocycles. The van der Waals surface area contributed by atoms with Gasteiger partial charge in [-0.25, -0.2) is 0 Å². The minimum absolute atomic E-state index is 0.907. The van der Waals surface area contributed by atoms with Gasteiger partial charge in [-0.3, -0.25) is 0 Å². The van der Waals surface area contributed by atoms with Crippen LogP contribution in [0.25, 0.3) is 0 Å². The predicted octanol–water partition coefficient (Wildman–Crippen LogP) is 3.74. The third-order valence-electron chi connectivity index (χ3n) is 2.65. The van der Waals surface area contributed by atoms with Crippen LogP contribution in [0.15, 0.2) is 24.3 Å². The van der Waals surface area contributed by atoms with E-state index in [0.717, 1.165) is 6.61 Å². The lowest BCUT2D eigenvalue weighted by Gasteiger charge is -2.03. The Kier molecular flexibility index (Phi) is 6.10. The topological polar surface area (TPSA) is 9.23 Å². The predicted molar refractivity (Wildman–Crippen MR) is 65.2 cm³/mol. The van der Waals surface area contributed by atoms with Crippen LogP contribution in [0.5, 0.6) is 0 Å². The van der Waals surface area contributed by atoms with Crippen LogP contribution in [0.3, 0.4) is 0 Å². The normalized spacial score (nSPS) is 10.5. The second-order valence-corrected chi connectivity index (χ2v) is 4.15. The molecule has 15 heavy (non-hydrogen) atoms. The number of benzene rings is 1. The van der Waals surface area contributed by atoms with E-state index in [1.165, 1.54) is 43.2 Å². The molecule has 0 aliphatic rings. The fraction of sp³-hybridized carbons (Fsp3) is 0.571. The van der Waals surface area contributed by atoms with Gasteiger partial charge >= 0.3 is 0 Å². The molecule has 0 radical (unpaired) electrons. The SMILES string of the molecule is COCCCCCCc1cccc(C)c1. The number of aryl methyl sites for hydroxylation is 2. The molecule has 1 heteroatoms. The first-order valence-electron chi connectivity index (χ1n) is 5.87. The smallest absolute Gasteiger partial charge is 0.0462 e. The zero-order valence-corrected chi connectivity index (χ0v) is 9.96. The molecular formula is C14H22O. The summed E-state index contributed by atoms with van der Waals surface area (Å²) in [5.41, 5.74) is 2.84. The second-order valence-electron chi connectivity index (χ2n) is 4.15. The van der Waals surface area contributed by atoms with E-state index in [1.54, 1.807) is 7.11 Å². The maximum Gasteiger partial charge on any atom is 0.0462 e. The van der Waals surface area contributed by atoms with Gasteiger partial charge < -0.3 is 4.74 Å². The van der Waals surface area contributed by atoms with Gasteiger partial charge in [-0.15, -0.1) is 0 Å². The number of methoxy groups -OCH3 is 1. The van der Waals surface area contributed by atoms with E-state index < -0.39 is 0 Å². The van der Waals surface area contributed by atoms with Gasteiger partial charge in [0.1, 0.15) is 0 Å². The minimum Gasteiger partial charge on any atom is -0.385 e. The summed E-state index contributed by atoms with van der Waals surface area (Å²) in [4.78, 5) is 0. The Morgan fingerprint density at radius 3 is 2.60 bits per heavy atom. The summed E-state index contributed by atoms with van der Waals surface area (Å²) in [6.07, 6.45) is 6.32. The van der Waals surface area contributed by atoms with Gasteiger partial charge in [-0.2, -0.15) is 0 Å². The fourth-order valence-electron chi connectivity index (χ4n) is 1.80. The Morgan fingerprint density at radius 1 is 1.07 bits per heavy atom. The molecule has 84 valence electrons. The summed E-state index contributed by atoms with van der Waals surface area (Å²) in [5.74, 6) is 0. The summed E-state index contributed by atoms with van der Waals surface area (Å²) in [7, 11) is 1.77. The molecule has 0 N–H and O–H groups in total. The Morgan fingerprint density at radius 2 is 1.87 bits per heavy atom. The Balaban J connectivity index is 2.10. The van der Waals surface area contributed by atoms with Crippen LogP contribution in [0.1, 0.15) is 36.8 Å². The van der Waals surface area contributed by atoms with Crippen molar-refractivity contribution >= 4 is 0 Å². The summed E-state index contributed by atoms with van der Waals surface area (Å²) in [5, 5.41) is 0. The highest BCUT2D eigenvalue weighted by molar-refractivity contribution is 5.22. The van der Waals surface area contributed by atoms with Crippen molar-refractivity contribution in [3.05, 3.63) is 35.4 Å². The van der Waals surface area contributed by atoms with Crippen LogP contribution in [-0.4, -0.2) is 13.7 Å². The summed E-state index contributed by atoms with van der Waals surface area (Å²) in [6.45, 7) is 3.06. The van der Waals surface area contributed by atoms with E-state index >= 15 is 0 Å². The molecule has 0 bridgehead atoms. The quantitative estimate of drug-likeness (QED) is 0.617. The average molecular weight is 206 g/mol. The van der Waals surface area contributed by atoms with Gasteiger partial charge in [0, 0.05) is 13.7 Å². The van der Waals surface area contributed by atoms with Crippen LogP contribution in [0.2, 0.25) is 0 Å². The van der Waals surface area contributed by atoms with Crippen molar-refractivity contribution in [3.63, 3.8) is 0 Å². The maximum absolute atomic E-state index is 5.02. The summed E-state index contributed by atoms with van der Waals surface area (Å²) >= 11 is 0. The van der Waals surface area contributed by atoms with Crippen molar-refractivity contribution in [3.8, 4) is 0 Å². The Hall–Kier alpha value is -0.820. The summed E-state index contributed by atoms with van der Waals surface area (Å²) in [6, 6.07) is 8.81. The average Bonchev–Trinajstić information content (AvgIpc) is 2.23. The Labute approximate surface area is 93.5 Å². The van der Waals surface area contributed by atoms with Crippen molar-refractivity contribution < 1.29 is 4.74 Å². The Bertz CT molecular complexity index is 268. The molecule has 1 nitrogen and oxygen atoms in total. The standard InChI is InChI=1S/C14H22O/c1-13-8-7-10-14(12-13)9-5-3-4-6-11-15-2/h7-8,10,12H,3-6,9,11H2,1-2H3. The van der Waals surface area contributed by atoms with Crippen molar-refractivity contribution in [1.29, 1.82) is 0 Å². The van der Waals surface area contributed by atoms with E-state index in [1.807, 2.05) is 0 Å². The molecule has 0 atom stereocenters. The highest BCUT2D eigenvalue weighted by Crippen LogP contribution is 2.09. The fourth-order valence-corrected chi connectivity index (χ4v) is 1.80. The van der Waals surface area contributed by atoms with Crippen LogP contribution < -0.4 is 0 Å². The second kappa shape index (κ2) is 7.47. The number of rotatable bonds is 7. The molecule has 0 saturated carbocycles. The highest BCUT2D eigenvalue weighted by atomic mass is 16.5. The van der Waals surface area contributed by atoms with Gasteiger partial charge in [0.05, 0.1) is 0 Å². The van der Waals surface area contributed by atoms with E-state index in [-0.39, 0.29) is 0 Å². The van der Waals surface area contributed by atoms with Crippen molar-refractivity contribution in [1.82, 2.24) is 0 Å². The minimum atomic E-state index is 0.907. The van der Waals surface area contributed by atoms with Crippen LogP contribution in [0.4, 0.5) is 0 Å². The largest absolute Gasteiger partial charge is 0.385 e. The molecule has 0 unspecified atom stereocenters. The van der Waals surface area contributed by atoms with Crippen molar-refractivity contribution in [2.75, 3.05) is 13.7 Å². The molecule has 0 spiro atoms. The molecular weight excluding hydrogens is 184 g/mol. The van der Waals surface area contributed by atoms with E-state index in [0.29, 0.717) is 0 Å².